The van der Waals surface area contributed by atoms with Crippen molar-refractivity contribution in [1.29, 1.82) is 0 Å². The highest BCUT2D eigenvalue weighted by molar-refractivity contribution is 5.85. The molecule has 1 aromatic rings. The summed E-state index contributed by atoms with van der Waals surface area (Å²) >= 11 is 0. The number of nitrogens with one attached hydrogen (secondary N) is 1. The van der Waals surface area contributed by atoms with Crippen molar-refractivity contribution in [2.45, 2.75) is 31.3 Å². The van der Waals surface area contributed by atoms with Gasteiger partial charge in [0, 0.05) is 7.11 Å². The van der Waals surface area contributed by atoms with E-state index in [4.69, 9.17) is 10.5 Å². The molecule has 1 aliphatic rings. The van der Waals surface area contributed by atoms with Crippen molar-refractivity contribution >= 4 is 18.3 Å². The Hall–Kier alpha value is -1.10. The van der Waals surface area contributed by atoms with Gasteiger partial charge >= 0.3 is 0 Å². The molecule has 1 aromatic carbocycles. The van der Waals surface area contributed by atoms with Crippen molar-refractivity contribution in [3.8, 4) is 0 Å². The number of halogens is 1. The fourth-order valence-corrected chi connectivity index (χ4v) is 2.44. The third-order valence-electron chi connectivity index (χ3n) is 3.37. The summed E-state index contributed by atoms with van der Waals surface area (Å²) in [6, 6.07) is 7.76. The first-order valence-electron chi connectivity index (χ1n) is 6.35. The summed E-state index contributed by atoms with van der Waals surface area (Å²) in [5, 5.41) is 3.02. The highest BCUT2D eigenvalue weighted by Gasteiger charge is 2.23. The van der Waals surface area contributed by atoms with Crippen LogP contribution in [-0.4, -0.2) is 25.7 Å². The molecule has 0 heterocycles. The third kappa shape index (κ3) is 3.93. The molecule has 2 rings (SSSR count). The summed E-state index contributed by atoms with van der Waals surface area (Å²) < 4.78 is 4.90. The Kier molecular flexibility index (Phi) is 6.28. The van der Waals surface area contributed by atoms with Crippen molar-refractivity contribution in [3.63, 3.8) is 0 Å². The van der Waals surface area contributed by atoms with Crippen molar-refractivity contribution in [2.24, 2.45) is 5.73 Å². The number of aryl methyl sites for hydroxylation is 1. The summed E-state index contributed by atoms with van der Waals surface area (Å²) in [5.41, 5.74) is 8.28. The molecule has 19 heavy (non-hydrogen) atoms. The van der Waals surface area contributed by atoms with Gasteiger partial charge in [0.25, 0.3) is 0 Å². The zero-order valence-corrected chi connectivity index (χ0v) is 11.9. The summed E-state index contributed by atoms with van der Waals surface area (Å²) in [6.45, 7) is 0.250. The summed E-state index contributed by atoms with van der Waals surface area (Å²) in [4.78, 5) is 11.9. The van der Waals surface area contributed by atoms with Gasteiger partial charge in [0.05, 0.1) is 12.6 Å². The molecule has 1 aliphatic carbocycles. The van der Waals surface area contributed by atoms with E-state index >= 15 is 0 Å². The second kappa shape index (κ2) is 7.48. The van der Waals surface area contributed by atoms with E-state index in [2.05, 4.69) is 17.4 Å². The number of amides is 1. The average molecular weight is 285 g/mol. The van der Waals surface area contributed by atoms with Gasteiger partial charge in [-0.2, -0.15) is 0 Å². The van der Waals surface area contributed by atoms with Crippen LogP contribution in [0.15, 0.2) is 24.3 Å². The maximum atomic E-state index is 11.9. The van der Waals surface area contributed by atoms with Crippen molar-refractivity contribution < 1.29 is 9.53 Å². The molecule has 5 heteroatoms. The molecule has 0 saturated carbocycles. The number of nitrogens with two attached hydrogens (primary N) is 1. The molecule has 3 N–H and O–H groups in total. The fraction of sp³-hybridized carbons (Fsp3) is 0.500. The molecule has 0 radical (unpaired) electrons. The standard InChI is InChI=1S/C14H20N2O2.ClH/c1-18-9-12(15)14(17)16-13-8-4-6-10-5-2-3-7-11(10)13;/h2-3,5,7,12-13H,4,6,8-9,15H2,1H3,(H,16,17);1H. The Morgan fingerprint density at radius 2 is 2.26 bits per heavy atom. The van der Waals surface area contributed by atoms with E-state index in [-0.39, 0.29) is 31.0 Å². The van der Waals surface area contributed by atoms with Gasteiger partial charge < -0.3 is 15.8 Å². The third-order valence-corrected chi connectivity index (χ3v) is 3.37. The Morgan fingerprint density at radius 1 is 1.53 bits per heavy atom. The van der Waals surface area contributed by atoms with Gasteiger partial charge in [-0.15, -0.1) is 12.4 Å². The first-order chi connectivity index (χ1) is 8.72. The van der Waals surface area contributed by atoms with E-state index in [1.54, 1.807) is 7.11 Å². The van der Waals surface area contributed by atoms with Crippen molar-refractivity contribution in [3.05, 3.63) is 35.4 Å². The minimum absolute atomic E-state index is 0. The summed E-state index contributed by atoms with van der Waals surface area (Å²) in [6.07, 6.45) is 3.16. The smallest absolute Gasteiger partial charge is 0.239 e. The van der Waals surface area contributed by atoms with Gasteiger partial charge in [-0.3, -0.25) is 4.79 Å². The normalized spacial score (nSPS) is 18.9. The number of rotatable bonds is 4. The molecule has 1 amide bonds. The van der Waals surface area contributed by atoms with E-state index in [0.717, 1.165) is 19.3 Å². The summed E-state index contributed by atoms with van der Waals surface area (Å²) in [7, 11) is 1.54. The number of carbonyl (C=O) groups is 1. The first kappa shape index (κ1) is 16.0. The van der Waals surface area contributed by atoms with Crippen LogP contribution in [0.5, 0.6) is 0 Å². The first-order valence-corrected chi connectivity index (χ1v) is 6.35. The van der Waals surface area contributed by atoms with E-state index < -0.39 is 6.04 Å². The Labute approximate surface area is 120 Å². The molecule has 0 aliphatic heterocycles. The number of hydrogen-bond acceptors (Lipinski definition) is 3. The minimum atomic E-state index is -0.593. The maximum Gasteiger partial charge on any atom is 0.239 e. The lowest BCUT2D eigenvalue weighted by Gasteiger charge is -2.27. The van der Waals surface area contributed by atoms with E-state index in [0.29, 0.717) is 0 Å². The van der Waals surface area contributed by atoms with Crippen LogP contribution >= 0.6 is 12.4 Å². The van der Waals surface area contributed by atoms with Gasteiger partial charge in [0.1, 0.15) is 6.04 Å². The fourth-order valence-electron chi connectivity index (χ4n) is 2.44. The van der Waals surface area contributed by atoms with Crippen molar-refractivity contribution in [2.75, 3.05) is 13.7 Å². The van der Waals surface area contributed by atoms with Gasteiger partial charge in [-0.1, -0.05) is 24.3 Å². The lowest BCUT2D eigenvalue weighted by Crippen LogP contribution is -2.45. The molecule has 106 valence electrons. The maximum absolute atomic E-state index is 11.9. The monoisotopic (exact) mass is 284 g/mol. The second-order valence-electron chi connectivity index (χ2n) is 4.71. The van der Waals surface area contributed by atoms with Gasteiger partial charge in [0.15, 0.2) is 0 Å². The highest BCUT2D eigenvalue weighted by atomic mass is 35.5. The molecule has 4 nitrogen and oxygen atoms in total. The van der Waals surface area contributed by atoms with Crippen LogP contribution in [0.25, 0.3) is 0 Å². The topological polar surface area (TPSA) is 64.3 Å². The Morgan fingerprint density at radius 3 is 3.00 bits per heavy atom. The number of hydrogen-bond donors (Lipinski definition) is 2. The minimum Gasteiger partial charge on any atom is -0.383 e. The average Bonchev–Trinajstić information content (AvgIpc) is 2.39. The zero-order chi connectivity index (χ0) is 13.0. The lowest BCUT2D eigenvalue weighted by molar-refractivity contribution is -0.124. The van der Waals surface area contributed by atoms with Crippen LogP contribution < -0.4 is 11.1 Å². The lowest BCUT2D eigenvalue weighted by atomic mass is 9.87. The second-order valence-corrected chi connectivity index (χ2v) is 4.71. The van der Waals surface area contributed by atoms with Crippen LogP contribution in [0.4, 0.5) is 0 Å². The molecule has 0 aromatic heterocycles. The van der Waals surface area contributed by atoms with Gasteiger partial charge in [-0.05, 0) is 30.4 Å². The van der Waals surface area contributed by atoms with E-state index in [1.807, 2.05) is 12.1 Å². The molecular weight excluding hydrogens is 264 g/mol. The van der Waals surface area contributed by atoms with Gasteiger partial charge in [-0.25, -0.2) is 0 Å². The quantitative estimate of drug-likeness (QED) is 0.882. The zero-order valence-electron chi connectivity index (χ0n) is 11.1. The van der Waals surface area contributed by atoms with Crippen LogP contribution in [0, 0.1) is 0 Å². The Balaban J connectivity index is 0.00000180. The predicted molar refractivity (Wildman–Crippen MR) is 77.4 cm³/mol. The molecule has 0 fully saturated rings. The molecule has 0 spiro atoms. The van der Waals surface area contributed by atoms with Crippen molar-refractivity contribution in [1.82, 2.24) is 5.32 Å². The van der Waals surface area contributed by atoms with Crippen LogP contribution in [0.3, 0.4) is 0 Å². The number of carbonyl (C=O) groups excluding carboxylic acids is 1. The molecule has 2 atom stereocenters. The molecular formula is C14H21ClN2O2. The number of benzene rings is 1. The SMILES string of the molecule is COCC(N)C(=O)NC1CCCc2ccccc21.Cl. The van der Waals surface area contributed by atoms with E-state index in [1.165, 1.54) is 11.1 Å². The molecule has 0 saturated heterocycles. The number of ether oxygens (including phenoxy) is 1. The van der Waals surface area contributed by atoms with Crippen LogP contribution in [0.2, 0.25) is 0 Å². The number of fused-ring (bicyclic) bond motifs is 1. The molecule has 2 unspecified atom stereocenters. The highest BCUT2D eigenvalue weighted by Crippen LogP contribution is 2.29. The number of methoxy groups -OCH3 is 1. The van der Waals surface area contributed by atoms with Crippen LogP contribution in [-0.2, 0) is 16.0 Å². The largest absolute Gasteiger partial charge is 0.383 e. The Bertz CT molecular complexity index is 426. The predicted octanol–water partition coefficient (Wildman–Crippen LogP) is 1.58. The van der Waals surface area contributed by atoms with E-state index in [9.17, 15) is 4.79 Å². The van der Waals surface area contributed by atoms with Crippen LogP contribution in [0.1, 0.15) is 30.0 Å². The summed E-state index contributed by atoms with van der Waals surface area (Å²) in [5.74, 6) is -0.140. The van der Waals surface area contributed by atoms with Gasteiger partial charge in [0.2, 0.25) is 5.91 Å². The molecule has 0 bridgehead atoms.